The maximum absolute atomic E-state index is 13.2. The van der Waals surface area contributed by atoms with Gasteiger partial charge in [-0.3, -0.25) is 9.59 Å². The summed E-state index contributed by atoms with van der Waals surface area (Å²) in [6, 6.07) is 9.50. The fraction of sp³-hybridized carbons (Fsp3) is 0.417. The van der Waals surface area contributed by atoms with Crippen LogP contribution in [0.25, 0.3) is 10.4 Å². The fourth-order valence-electron chi connectivity index (χ4n) is 4.21. The molecule has 7 nitrogen and oxygen atoms in total. The van der Waals surface area contributed by atoms with E-state index >= 15 is 0 Å². The van der Waals surface area contributed by atoms with E-state index in [4.69, 9.17) is 4.52 Å². The Morgan fingerprint density at radius 2 is 2.06 bits per heavy atom. The van der Waals surface area contributed by atoms with E-state index in [1.165, 1.54) is 0 Å². The number of likely N-dealkylation sites (tertiary alicyclic amines) is 1. The molecule has 1 saturated heterocycles. The van der Waals surface area contributed by atoms with Crippen molar-refractivity contribution in [3.05, 3.63) is 58.6 Å². The lowest BCUT2D eigenvalue weighted by Crippen LogP contribution is -2.47. The van der Waals surface area contributed by atoms with E-state index in [0.717, 1.165) is 33.8 Å². The average Bonchev–Trinajstić information content (AvgIpc) is 3.54. The number of rotatable bonds is 7. The Bertz CT molecular complexity index is 1090. The summed E-state index contributed by atoms with van der Waals surface area (Å²) in [5.41, 5.74) is 5.76. The van der Waals surface area contributed by atoms with Gasteiger partial charge >= 0.3 is 0 Å². The predicted octanol–water partition coefficient (Wildman–Crippen LogP) is 4.22. The standard InChI is InChI=1S/C24H28N4O3S/c1-4-19(21-12-15(2)27-31-21)24(30)28-11-5-6-20(28)23(29)25-13-17-7-9-18(10-8-17)22-16(3)26-14-32-22/h7-10,12,14,19-20H,4-6,11,13H2,1-3H3,(H,25,29). The first-order valence-corrected chi connectivity index (χ1v) is 11.9. The summed E-state index contributed by atoms with van der Waals surface area (Å²) in [5.74, 6) is -0.0166. The molecule has 1 fully saturated rings. The van der Waals surface area contributed by atoms with E-state index in [2.05, 4.69) is 27.6 Å². The molecule has 32 heavy (non-hydrogen) atoms. The van der Waals surface area contributed by atoms with Crippen molar-refractivity contribution >= 4 is 23.2 Å². The molecular formula is C24H28N4O3S. The number of aryl methyl sites for hydroxylation is 2. The Balaban J connectivity index is 1.38. The number of nitrogens with zero attached hydrogens (tertiary/aromatic N) is 3. The number of aromatic nitrogens is 2. The molecule has 0 radical (unpaired) electrons. The third-order valence-corrected chi connectivity index (χ3v) is 6.94. The van der Waals surface area contributed by atoms with Crippen LogP contribution in [0, 0.1) is 13.8 Å². The smallest absolute Gasteiger partial charge is 0.243 e. The molecule has 1 aliphatic rings. The highest BCUT2D eigenvalue weighted by molar-refractivity contribution is 7.13. The second kappa shape index (κ2) is 9.65. The lowest BCUT2D eigenvalue weighted by molar-refractivity contribution is -0.140. The molecule has 168 valence electrons. The molecule has 2 aromatic heterocycles. The Hall–Kier alpha value is -3.00. The lowest BCUT2D eigenvalue weighted by Gasteiger charge is -2.27. The molecule has 3 heterocycles. The van der Waals surface area contributed by atoms with Gasteiger partial charge in [-0.05, 0) is 44.2 Å². The van der Waals surface area contributed by atoms with Crippen LogP contribution in [-0.2, 0) is 16.1 Å². The molecule has 0 bridgehead atoms. The third-order valence-electron chi connectivity index (χ3n) is 5.96. The normalized spacial score (nSPS) is 16.8. The van der Waals surface area contributed by atoms with Crippen LogP contribution >= 0.6 is 11.3 Å². The molecule has 3 aromatic rings. The molecular weight excluding hydrogens is 424 g/mol. The Labute approximate surface area is 191 Å². The second-order valence-electron chi connectivity index (χ2n) is 8.20. The zero-order valence-electron chi connectivity index (χ0n) is 18.6. The van der Waals surface area contributed by atoms with E-state index in [9.17, 15) is 9.59 Å². The summed E-state index contributed by atoms with van der Waals surface area (Å²) in [7, 11) is 0. The first kappa shape index (κ1) is 22.2. The van der Waals surface area contributed by atoms with Gasteiger partial charge in [0.1, 0.15) is 11.8 Å². The van der Waals surface area contributed by atoms with E-state index in [1.807, 2.05) is 38.4 Å². The minimum Gasteiger partial charge on any atom is -0.360 e. The number of thiazole rings is 1. The van der Waals surface area contributed by atoms with Crippen LogP contribution in [0.3, 0.4) is 0 Å². The molecule has 0 aliphatic carbocycles. The van der Waals surface area contributed by atoms with E-state index in [0.29, 0.717) is 31.7 Å². The predicted molar refractivity (Wildman–Crippen MR) is 123 cm³/mol. The van der Waals surface area contributed by atoms with Crippen LogP contribution in [0.1, 0.15) is 54.8 Å². The number of carbonyl (C=O) groups is 2. The monoisotopic (exact) mass is 452 g/mol. The van der Waals surface area contributed by atoms with Gasteiger partial charge in [-0.25, -0.2) is 4.98 Å². The largest absolute Gasteiger partial charge is 0.360 e. The summed E-state index contributed by atoms with van der Waals surface area (Å²) >= 11 is 1.62. The van der Waals surface area contributed by atoms with Crippen LogP contribution in [0.15, 0.2) is 40.4 Å². The van der Waals surface area contributed by atoms with Crippen molar-refractivity contribution in [2.45, 2.75) is 58.5 Å². The SMILES string of the molecule is CCC(C(=O)N1CCCC1C(=O)NCc1ccc(-c2scnc2C)cc1)c1cc(C)no1. The molecule has 0 saturated carbocycles. The van der Waals surface area contributed by atoms with Crippen molar-refractivity contribution in [1.29, 1.82) is 0 Å². The number of nitrogens with one attached hydrogen (secondary N) is 1. The van der Waals surface area contributed by atoms with Gasteiger partial charge in [0, 0.05) is 19.2 Å². The summed E-state index contributed by atoms with van der Waals surface area (Å²) in [5, 5.41) is 6.92. The van der Waals surface area contributed by atoms with Crippen molar-refractivity contribution in [3.8, 4) is 10.4 Å². The van der Waals surface area contributed by atoms with E-state index < -0.39 is 12.0 Å². The zero-order valence-corrected chi connectivity index (χ0v) is 19.4. The van der Waals surface area contributed by atoms with Crippen molar-refractivity contribution in [2.75, 3.05) is 6.54 Å². The Kier molecular flexibility index (Phi) is 6.69. The fourth-order valence-corrected chi connectivity index (χ4v) is 5.02. The minimum absolute atomic E-state index is 0.0643. The summed E-state index contributed by atoms with van der Waals surface area (Å²) in [4.78, 5) is 33.3. The van der Waals surface area contributed by atoms with Crippen LogP contribution in [0.5, 0.6) is 0 Å². The molecule has 1 aromatic carbocycles. The van der Waals surface area contributed by atoms with Crippen molar-refractivity contribution in [1.82, 2.24) is 20.4 Å². The summed E-state index contributed by atoms with van der Waals surface area (Å²) in [6.07, 6.45) is 2.09. The second-order valence-corrected chi connectivity index (χ2v) is 9.06. The molecule has 2 unspecified atom stereocenters. The zero-order chi connectivity index (χ0) is 22.7. The Morgan fingerprint density at radius 3 is 2.69 bits per heavy atom. The van der Waals surface area contributed by atoms with Gasteiger partial charge in [-0.2, -0.15) is 0 Å². The van der Waals surface area contributed by atoms with Crippen molar-refractivity contribution in [3.63, 3.8) is 0 Å². The highest BCUT2D eigenvalue weighted by Crippen LogP contribution is 2.29. The third kappa shape index (κ3) is 4.60. The van der Waals surface area contributed by atoms with Gasteiger partial charge in [-0.15, -0.1) is 11.3 Å². The quantitative estimate of drug-likeness (QED) is 0.580. The van der Waals surface area contributed by atoms with Gasteiger partial charge in [0.15, 0.2) is 0 Å². The molecule has 0 spiro atoms. The topological polar surface area (TPSA) is 88.3 Å². The first-order valence-electron chi connectivity index (χ1n) is 11.0. The number of benzene rings is 1. The van der Waals surface area contributed by atoms with Gasteiger partial charge in [-0.1, -0.05) is 36.3 Å². The van der Waals surface area contributed by atoms with Crippen LogP contribution < -0.4 is 5.32 Å². The molecule has 2 atom stereocenters. The maximum atomic E-state index is 13.2. The number of carbonyl (C=O) groups excluding carboxylic acids is 2. The maximum Gasteiger partial charge on any atom is 0.243 e. The minimum atomic E-state index is -0.445. The van der Waals surface area contributed by atoms with Crippen LogP contribution in [-0.4, -0.2) is 39.4 Å². The van der Waals surface area contributed by atoms with Crippen LogP contribution in [0.4, 0.5) is 0 Å². The highest BCUT2D eigenvalue weighted by Gasteiger charge is 2.38. The van der Waals surface area contributed by atoms with Gasteiger partial charge < -0.3 is 14.7 Å². The van der Waals surface area contributed by atoms with E-state index in [-0.39, 0.29) is 11.8 Å². The molecule has 8 heteroatoms. The number of hydrogen-bond acceptors (Lipinski definition) is 6. The van der Waals surface area contributed by atoms with Gasteiger partial charge in [0.25, 0.3) is 0 Å². The summed E-state index contributed by atoms with van der Waals surface area (Å²) < 4.78 is 5.34. The average molecular weight is 453 g/mol. The van der Waals surface area contributed by atoms with Gasteiger partial charge in [0.05, 0.1) is 27.7 Å². The van der Waals surface area contributed by atoms with E-state index in [1.54, 1.807) is 22.3 Å². The first-order chi connectivity index (χ1) is 15.5. The molecule has 2 amide bonds. The highest BCUT2D eigenvalue weighted by atomic mass is 32.1. The molecule has 4 rings (SSSR count). The number of hydrogen-bond donors (Lipinski definition) is 1. The van der Waals surface area contributed by atoms with Crippen LogP contribution in [0.2, 0.25) is 0 Å². The van der Waals surface area contributed by atoms with Gasteiger partial charge in [0.2, 0.25) is 11.8 Å². The van der Waals surface area contributed by atoms with Crippen molar-refractivity contribution < 1.29 is 14.1 Å². The number of amides is 2. The Morgan fingerprint density at radius 1 is 1.28 bits per heavy atom. The summed E-state index contributed by atoms with van der Waals surface area (Å²) in [6.45, 7) is 6.80. The molecule has 1 N–H and O–H groups in total. The lowest BCUT2D eigenvalue weighted by atomic mass is 10.0. The van der Waals surface area contributed by atoms with Crippen molar-refractivity contribution in [2.24, 2.45) is 0 Å². The molecule has 1 aliphatic heterocycles.